The number of nitrogens with two attached hydrogens (primary N) is 1. The molecule has 6 heteroatoms. The van der Waals surface area contributed by atoms with E-state index in [1.807, 2.05) is 0 Å². The zero-order valence-electron chi connectivity index (χ0n) is 11.6. The fraction of sp³-hybridized carbons (Fsp3) is 0.200. The number of pyridine rings is 1. The number of nitrogens with one attached hydrogen (secondary N) is 1. The summed E-state index contributed by atoms with van der Waals surface area (Å²) < 4.78 is 1.38. The molecule has 0 spiro atoms. The molecular weight excluding hydrogens is 270 g/mol. The summed E-state index contributed by atoms with van der Waals surface area (Å²) >= 11 is 0. The molecule has 2 rings (SSSR count). The lowest BCUT2D eigenvalue weighted by atomic mass is 10.1. The second-order valence-corrected chi connectivity index (χ2v) is 4.83. The van der Waals surface area contributed by atoms with E-state index in [-0.39, 0.29) is 17.2 Å². The van der Waals surface area contributed by atoms with E-state index in [9.17, 15) is 14.7 Å². The molecule has 1 aromatic heterocycles. The molecule has 1 atom stereocenters. The number of amides is 1. The summed E-state index contributed by atoms with van der Waals surface area (Å²) in [7, 11) is 1.61. The molecule has 0 aliphatic heterocycles. The Morgan fingerprint density at radius 3 is 2.57 bits per heavy atom. The number of benzene rings is 1. The Morgan fingerprint density at radius 1 is 1.29 bits per heavy atom. The molecule has 4 N–H and O–H groups in total. The van der Waals surface area contributed by atoms with Crippen LogP contribution < -0.4 is 16.6 Å². The number of carbonyl (C=O) groups excluding carboxylic acids is 1. The highest BCUT2D eigenvalue weighted by atomic mass is 16.3. The van der Waals surface area contributed by atoms with E-state index in [0.29, 0.717) is 12.1 Å². The van der Waals surface area contributed by atoms with E-state index in [2.05, 4.69) is 5.32 Å². The summed E-state index contributed by atoms with van der Waals surface area (Å²) in [5.41, 5.74) is 7.08. The lowest BCUT2D eigenvalue weighted by Crippen LogP contribution is -2.37. The number of hydrogen-bond acceptors (Lipinski definition) is 4. The van der Waals surface area contributed by atoms with Gasteiger partial charge in [0.15, 0.2) is 0 Å². The fourth-order valence-electron chi connectivity index (χ4n) is 1.88. The molecule has 6 nitrogen and oxygen atoms in total. The van der Waals surface area contributed by atoms with E-state index >= 15 is 0 Å². The van der Waals surface area contributed by atoms with Crippen molar-refractivity contribution >= 4 is 11.6 Å². The van der Waals surface area contributed by atoms with Crippen LogP contribution in [0.1, 0.15) is 5.56 Å². The van der Waals surface area contributed by atoms with Crippen molar-refractivity contribution in [1.82, 2.24) is 4.57 Å². The summed E-state index contributed by atoms with van der Waals surface area (Å²) in [5, 5.41) is 11.9. The Bertz CT molecular complexity index is 692. The zero-order valence-corrected chi connectivity index (χ0v) is 11.6. The van der Waals surface area contributed by atoms with Gasteiger partial charge in [-0.1, -0.05) is 12.1 Å². The third kappa shape index (κ3) is 3.93. The summed E-state index contributed by atoms with van der Waals surface area (Å²) in [6.45, 7) is 0. The Kier molecular flexibility index (Phi) is 4.39. The van der Waals surface area contributed by atoms with Gasteiger partial charge in [-0.05, 0) is 30.2 Å². The first-order valence-electron chi connectivity index (χ1n) is 6.47. The average Bonchev–Trinajstić information content (AvgIpc) is 2.45. The molecular formula is C15H17N3O3. The topological polar surface area (TPSA) is 97.3 Å². The number of phenols is 1. The van der Waals surface area contributed by atoms with Crippen LogP contribution in [0.3, 0.4) is 0 Å². The summed E-state index contributed by atoms with van der Waals surface area (Å²) in [6, 6.07) is 8.73. The minimum atomic E-state index is -0.716. The van der Waals surface area contributed by atoms with Crippen molar-refractivity contribution in [2.24, 2.45) is 12.8 Å². The van der Waals surface area contributed by atoms with Gasteiger partial charge in [0, 0.05) is 19.3 Å². The second kappa shape index (κ2) is 6.23. The number of phenolic OH excluding ortho intramolecular Hbond substituents is 1. The summed E-state index contributed by atoms with van der Waals surface area (Å²) in [4.78, 5) is 23.3. The maximum Gasteiger partial charge on any atom is 0.250 e. The van der Waals surface area contributed by atoms with Gasteiger partial charge in [-0.2, -0.15) is 0 Å². The first-order chi connectivity index (χ1) is 9.95. The van der Waals surface area contributed by atoms with Crippen LogP contribution in [-0.2, 0) is 18.3 Å². The maximum absolute atomic E-state index is 12.0. The highest BCUT2D eigenvalue weighted by Gasteiger charge is 2.14. The maximum atomic E-state index is 12.0. The minimum Gasteiger partial charge on any atom is -0.508 e. The molecule has 0 bridgehead atoms. The molecule has 0 saturated carbocycles. The third-order valence-corrected chi connectivity index (χ3v) is 3.08. The van der Waals surface area contributed by atoms with Gasteiger partial charge in [0.25, 0.3) is 0 Å². The van der Waals surface area contributed by atoms with Crippen LogP contribution in [0.5, 0.6) is 5.75 Å². The molecule has 1 unspecified atom stereocenters. The monoisotopic (exact) mass is 287 g/mol. The van der Waals surface area contributed by atoms with Crippen LogP contribution in [0, 0.1) is 0 Å². The standard InChI is InChI=1S/C15H17N3O3/c1-18-9-11(4-7-14(18)20)17-15(21)13(16)8-10-2-5-12(19)6-3-10/h2-7,9,13,19H,8,16H2,1H3,(H,17,21). The smallest absolute Gasteiger partial charge is 0.250 e. The first kappa shape index (κ1) is 14.8. The highest BCUT2D eigenvalue weighted by molar-refractivity contribution is 5.94. The number of nitrogens with zero attached hydrogens (tertiary/aromatic N) is 1. The van der Waals surface area contributed by atoms with Crippen LogP contribution in [0.2, 0.25) is 0 Å². The molecule has 110 valence electrons. The number of aromatic hydroxyl groups is 1. The van der Waals surface area contributed by atoms with Gasteiger partial charge >= 0.3 is 0 Å². The Hall–Kier alpha value is -2.60. The van der Waals surface area contributed by atoms with Crippen molar-refractivity contribution in [3.05, 3.63) is 58.5 Å². The molecule has 0 radical (unpaired) electrons. The predicted octanol–water partition coefficient (Wildman–Crippen LogP) is 0.599. The van der Waals surface area contributed by atoms with E-state index in [0.717, 1.165) is 5.56 Å². The molecule has 21 heavy (non-hydrogen) atoms. The summed E-state index contributed by atoms with van der Waals surface area (Å²) in [6.07, 6.45) is 1.89. The fourth-order valence-corrected chi connectivity index (χ4v) is 1.88. The van der Waals surface area contributed by atoms with Crippen molar-refractivity contribution in [3.8, 4) is 5.75 Å². The number of anilines is 1. The molecule has 1 amide bonds. The lowest BCUT2D eigenvalue weighted by molar-refractivity contribution is -0.117. The van der Waals surface area contributed by atoms with E-state index in [1.54, 1.807) is 31.3 Å². The van der Waals surface area contributed by atoms with E-state index in [1.165, 1.54) is 22.9 Å². The molecule has 1 heterocycles. The van der Waals surface area contributed by atoms with Gasteiger partial charge in [-0.3, -0.25) is 9.59 Å². The van der Waals surface area contributed by atoms with Crippen molar-refractivity contribution in [3.63, 3.8) is 0 Å². The number of aryl methyl sites for hydroxylation is 1. The van der Waals surface area contributed by atoms with E-state index in [4.69, 9.17) is 5.73 Å². The van der Waals surface area contributed by atoms with Gasteiger partial charge < -0.3 is 20.7 Å². The Morgan fingerprint density at radius 2 is 1.95 bits per heavy atom. The molecule has 1 aromatic carbocycles. The van der Waals surface area contributed by atoms with Gasteiger partial charge in [0.2, 0.25) is 11.5 Å². The molecule has 0 aliphatic rings. The number of hydrogen-bond donors (Lipinski definition) is 3. The van der Waals surface area contributed by atoms with E-state index < -0.39 is 6.04 Å². The van der Waals surface area contributed by atoms with Gasteiger partial charge in [-0.25, -0.2) is 0 Å². The largest absolute Gasteiger partial charge is 0.508 e. The molecule has 0 aliphatic carbocycles. The zero-order chi connectivity index (χ0) is 15.4. The predicted molar refractivity (Wildman–Crippen MR) is 80.1 cm³/mol. The molecule has 0 saturated heterocycles. The van der Waals surface area contributed by atoms with Crippen LogP contribution in [0.25, 0.3) is 0 Å². The molecule has 2 aromatic rings. The average molecular weight is 287 g/mol. The third-order valence-electron chi connectivity index (χ3n) is 3.08. The van der Waals surface area contributed by atoms with Crippen LogP contribution in [0.15, 0.2) is 47.4 Å². The Balaban J connectivity index is 2.00. The highest BCUT2D eigenvalue weighted by Crippen LogP contribution is 2.11. The van der Waals surface area contributed by atoms with Crippen molar-refractivity contribution < 1.29 is 9.90 Å². The van der Waals surface area contributed by atoms with Crippen LogP contribution >= 0.6 is 0 Å². The number of rotatable bonds is 4. The SMILES string of the molecule is Cn1cc(NC(=O)C(N)Cc2ccc(O)cc2)ccc1=O. The van der Waals surface area contributed by atoms with Crippen molar-refractivity contribution in [2.75, 3.05) is 5.32 Å². The normalized spacial score (nSPS) is 11.9. The lowest BCUT2D eigenvalue weighted by Gasteiger charge is -2.13. The number of carbonyl (C=O) groups is 1. The van der Waals surface area contributed by atoms with Crippen molar-refractivity contribution in [1.29, 1.82) is 0 Å². The van der Waals surface area contributed by atoms with Crippen LogP contribution in [-0.4, -0.2) is 21.6 Å². The van der Waals surface area contributed by atoms with Crippen molar-refractivity contribution in [2.45, 2.75) is 12.5 Å². The summed E-state index contributed by atoms with van der Waals surface area (Å²) in [5.74, 6) is -0.163. The van der Waals surface area contributed by atoms with Gasteiger partial charge in [0.05, 0.1) is 11.7 Å². The number of aromatic nitrogens is 1. The quantitative estimate of drug-likeness (QED) is 0.767. The van der Waals surface area contributed by atoms with Crippen LogP contribution in [0.4, 0.5) is 5.69 Å². The molecule has 0 fully saturated rings. The first-order valence-corrected chi connectivity index (χ1v) is 6.47. The van der Waals surface area contributed by atoms with Gasteiger partial charge in [-0.15, -0.1) is 0 Å². The van der Waals surface area contributed by atoms with Gasteiger partial charge in [0.1, 0.15) is 5.75 Å². The second-order valence-electron chi connectivity index (χ2n) is 4.83. The minimum absolute atomic E-state index is 0.151. The Labute approximate surface area is 121 Å².